The van der Waals surface area contributed by atoms with Crippen LogP contribution in [0.4, 0.5) is 5.69 Å². The molecule has 0 bridgehead atoms. The van der Waals surface area contributed by atoms with E-state index in [0.717, 1.165) is 6.42 Å². The Morgan fingerprint density at radius 2 is 1.88 bits per heavy atom. The van der Waals surface area contributed by atoms with E-state index < -0.39 is 31.8 Å². The summed E-state index contributed by atoms with van der Waals surface area (Å²) in [6.45, 7) is 2.88. The summed E-state index contributed by atoms with van der Waals surface area (Å²) in [5.41, 5.74) is 0.655. The van der Waals surface area contributed by atoms with Crippen LogP contribution in [0.25, 0.3) is 0 Å². The van der Waals surface area contributed by atoms with E-state index in [2.05, 4.69) is 5.32 Å². The fraction of sp³-hybridized carbons (Fsp3) is 0.409. The summed E-state index contributed by atoms with van der Waals surface area (Å²) in [5, 5.41) is 2.75. The van der Waals surface area contributed by atoms with Crippen molar-refractivity contribution in [3.8, 4) is 11.5 Å². The lowest BCUT2D eigenvalue weighted by Gasteiger charge is -2.26. The standard InChI is InChI=1S/C22H26N2O7S2/c1-2-24(18-9-12-32(26,27)15-18)33(28,29)19-6-3-5-16(13-19)22(25)23-17-7-8-20-21(14-17)31-11-4-10-30-20/h3,5-8,13-14,18H,2,4,9-12,15H2,1H3,(H,23,25)/t18-/m0/s1. The van der Waals surface area contributed by atoms with Gasteiger partial charge in [0.1, 0.15) is 0 Å². The SMILES string of the molecule is CCN([C@H]1CCS(=O)(=O)C1)S(=O)(=O)c1cccc(C(=O)Nc2ccc3c(c2)OCCCO3)c1. The number of amides is 1. The minimum atomic E-state index is -3.98. The first-order chi connectivity index (χ1) is 15.7. The van der Waals surface area contributed by atoms with Gasteiger partial charge in [-0.1, -0.05) is 13.0 Å². The molecule has 11 heteroatoms. The zero-order chi connectivity index (χ0) is 23.6. The number of carbonyl (C=O) groups is 1. The van der Waals surface area contributed by atoms with Crippen LogP contribution in [0.3, 0.4) is 0 Å². The number of sulfone groups is 1. The van der Waals surface area contributed by atoms with Gasteiger partial charge in [-0.05, 0) is 36.8 Å². The van der Waals surface area contributed by atoms with Crippen molar-refractivity contribution in [3.05, 3.63) is 48.0 Å². The summed E-state index contributed by atoms with van der Waals surface area (Å²) in [6.07, 6.45) is 1.03. The van der Waals surface area contributed by atoms with Gasteiger partial charge in [0.05, 0.1) is 29.6 Å². The minimum Gasteiger partial charge on any atom is -0.490 e. The topological polar surface area (TPSA) is 119 Å². The maximum atomic E-state index is 13.3. The van der Waals surface area contributed by atoms with Gasteiger partial charge >= 0.3 is 0 Å². The largest absolute Gasteiger partial charge is 0.490 e. The predicted molar refractivity (Wildman–Crippen MR) is 123 cm³/mol. The average molecular weight is 495 g/mol. The van der Waals surface area contributed by atoms with E-state index >= 15 is 0 Å². The zero-order valence-electron chi connectivity index (χ0n) is 18.2. The molecule has 1 atom stereocenters. The van der Waals surface area contributed by atoms with Gasteiger partial charge in [-0.25, -0.2) is 16.8 Å². The van der Waals surface area contributed by atoms with Crippen molar-refractivity contribution in [2.75, 3.05) is 36.6 Å². The molecule has 178 valence electrons. The number of hydrogen-bond donors (Lipinski definition) is 1. The third kappa shape index (κ3) is 5.15. The van der Waals surface area contributed by atoms with Gasteiger partial charge < -0.3 is 14.8 Å². The van der Waals surface area contributed by atoms with Gasteiger partial charge in [-0.15, -0.1) is 0 Å². The molecular formula is C22H26N2O7S2. The Morgan fingerprint density at radius 1 is 1.12 bits per heavy atom. The maximum Gasteiger partial charge on any atom is 0.255 e. The third-order valence-corrected chi connectivity index (χ3v) is 9.41. The van der Waals surface area contributed by atoms with Crippen LogP contribution >= 0.6 is 0 Å². The van der Waals surface area contributed by atoms with Gasteiger partial charge in [0.15, 0.2) is 21.3 Å². The van der Waals surface area contributed by atoms with Gasteiger partial charge in [0.25, 0.3) is 5.91 Å². The highest BCUT2D eigenvalue weighted by atomic mass is 32.2. The molecule has 1 fully saturated rings. The quantitative estimate of drug-likeness (QED) is 0.654. The van der Waals surface area contributed by atoms with Crippen molar-refractivity contribution < 1.29 is 31.1 Å². The number of benzene rings is 2. The number of carbonyl (C=O) groups excluding carboxylic acids is 1. The average Bonchev–Trinajstić information content (AvgIpc) is 2.98. The smallest absolute Gasteiger partial charge is 0.255 e. The molecule has 2 aliphatic rings. The lowest BCUT2D eigenvalue weighted by Crippen LogP contribution is -2.40. The highest BCUT2D eigenvalue weighted by Gasteiger charge is 2.38. The molecule has 1 N–H and O–H groups in total. The molecule has 2 aromatic carbocycles. The second-order valence-electron chi connectivity index (χ2n) is 7.96. The molecule has 1 saturated heterocycles. The van der Waals surface area contributed by atoms with Crippen molar-refractivity contribution >= 4 is 31.5 Å². The van der Waals surface area contributed by atoms with Crippen molar-refractivity contribution in [2.24, 2.45) is 0 Å². The Labute approximate surface area is 193 Å². The first-order valence-corrected chi connectivity index (χ1v) is 14.0. The molecule has 4 rings (SSSR count). The van der Waals surface area contributed by atoms with Gasteiger partial charge in [-0.3, -0.25) is 4.79 Å². The summed E-state index contributed by atoms with van der Waals surface area (Å²) in [6, 6.07) is 10.2. The Kier molecular flexibility index (Phi) is 6.64. The molecule has 0 spiro atoms. The Balaban J connectivity index is 1.54. The van der Waals surface area contributed by atoms with Crippen LogP contribution in [-0.2, 0) is 19.9 Å². The summed E-state index contributed by atoms with van der Waals surface area (Å²) in [4.78, 5) is 12.8. The molecule has 1 amide bonds. The van der Waals surface area contributed by atoms with E-state index in [1.54, 1.807) is 25.1 Å². The van der Waals surface area contributed by atoms with Crippen LogP contribution in [0.15, 0.2) is 47.4 Å². The summed E-state index contributed by atoms with van der Waals surface area (Å²) < 4.78 is 62.7. The number of anilines is 1. The summed E-state index contributed by atoms with van der Waals surface area (Å²) in [7, 11) is -7.22. The lowest BCUT2D eigenvalue weighted by molar-refractivity contribution is 0.102. The van der Waals surface area contributed by atoms with Crippen molar-refractivity contribution in [1.29, 1.82) is 0 Å². The van der Waals surface area contributed by atoms with Crippen molar-refractivity contribution in [3.63, 3.8) is 0 Å². The van der Waals surface area contributed by atoms with E-state index in [9.17, 15) is 21.6 Å². The normalized spacial score (nSPS) is 19.8. The second-order valence-corrected chi connectivity index (χ2v) is 12.1. The molecule has 0 aromatic heterocycles. The molecular weight excluding hydrogens is 468 g/mol. The van der Waals surface area contributed by atoms with Crippen molar-refractivity contribution in [2.45, 2.75) is 30.7 Å². The van der Waals surface area contributed by atoms with Gasteiger partial charge in [0, 0.05) is 36.3 Å². The van der Waals surface area contributed by atoms with E-state index in [0.29, 0.717) is 30.4 Å². The Morgan fingerprint density at radius 3 is 2.58 bits per heavy atom. The van der Waals surface area contributed by atoms with Crippen LogP contribution in [0.5, 0.6) is 11.5 Å². The number of hydrogen-bond acceptors (Lipinski definition) is 7. The Bertz CT molecular complexity index is 1260. The third-order valence-electron chi connectivity index (χ3n) is 5.64. The first-order valence-electron chi connectivity index (χ1n) is 10.7. The first kappa shape index (κ1) is 23.5. The van der Waals surface area contributed by atoms with Gasteiger partial charge in [0.2, 0.25) is 10.0 Å². The van der Waals surface area contributed by atoms with Crippen LogP contribution in [0.1, 0.15) is 30.1 Å². The second kappa shape index (κ2) is 9.32. The van der Waals surface area contributed by atoms with E-state index in [-0.39, 0.29) is 34.9 Å². The van der Waals surface area contributed by atoms with E-state index in [1.165, 1.54) is 28.6 Å². The molecule has 0 aliphatic carbocycles. The van der Waals surface area contributed by atoms with Crippen LogP contribution < -0.4 is 14.8 Å². The Hall–Kier alpha value is -2.63. The fourth-order valence-electron chi connectivity index (χ4n) is 4.00. The number of nitrogens with zero attached hydrogens (tertiary/aromatic N) is 1. The fourth-order valence-corrected chi connectivity index (χ4v) is 7.54. The molecule has 2 aliphatic heterocycles. The molecule has 2 aromatic rings. The number of rotatable bonds is 6. The number of sulfonamides is 1. The lowest BCUT2D eigenvalue weighted by atomic mass is 10.2. The molecule has 2 heterocycles. The zero-order valence-corrected chi connectivity index (χ0v) is 19.8. The van der Waals surface area contributed by atoms with E-state index in [4.69, 9.17) is 9.47 Å². The minimum absolute atomic E-state index is 0.0261. The number of fused-ring (bicyclic) bond motifs is 1. The highest BCUT2D eigenvalue weighted by molar-refractivity contribution is 7.92. The van der Waals surface area contributed by atoms with Crippen LogP contribution in [0.2, 0.25) is 0 Å². The van der Waals surface area contributed by atoms with Crippen LogP contribution in [0, 0.1) is 0 Å². The van der Waals surface area contributed by atoms with Crippen LogP contribution in [-0.4, -0.2) is 64.4 Å². The van der Waals surface area contributed by atoms with E-state index in [1.807, 2.05) is 0 Å². The maximum absolute atomic E-state index is 13.3. The molecule has 9 nitrogen and oxygen atoms in total. The molecule has 0 unspecified atom stereocenters. The number of nitrogens with one attached hydrogen (secondary N) is 1. The monoisotopic (exact) mass is 494 g/mol. The summed E-state index contributed by atoms with van der Waals surface area (Å²) in [5.74, 6) is 0.443. The number of ether oxygens (including phenoxy) is 2. The molecule has 33 heavy (non-hydrogen) atoms. The molecule has 0 radical (unpaired) electrons. The molecule has 0 saturated carbocycles. The summed E-state index contributed by atoms with van der Waals surface area (Å²) >= 11 is 0. The van der Waals surface area contributed by atoms with Crippen molar-refractivity contribution in [1.82, 2.24) is 4.31 Å². The van der Waals surface area contributed by atoms with Gasteiger partial charge in [-0.2, -0.15) is 4.31 Å². The highest BCUT2D eigenvalue weighted by Crippen LogP contribution is 2.32. The predicted octanol–water partition coefficient (Wildman–Crippen LogP) is 2.30.